The lowest BCUT2D eigenvalue weighted by Crippen LogP contribution is -1.97. The molecule has 0 amide bonds. The molecule has 2 heterocycles. The predicted octanol–water partition coefficient (Wildman–Crippen LogP) is 4.77. The summed E-state index contributed by atoms with van der Waals surface area (Å²) < 4.78 is 2.14. The number of hydrogen-bond donors (Lipinski definition) is 1. The smallest absolute Gasteiger partial charge is 0.146 e. The normalized spacial score (nSPS) is 11.1. The number of benzene rings is 2. The van der Waals surface area contributed by atoms with Gasteiger partial charge in [0.1, 0.15) is 11.6 Å². The maximum Gasteiger partial charge on any atom is 0.146 e. The lowest BCUT2D eigenvalue weighted by Gasteiger charge is -2.09. The first kappa shape index (κ1) is 13.1. The molecular weight excluding hydrogens is 292 g/mol. The van der Waals surface area contributed by atoms with Gasteiger partial charge in [0.15, 0.2) is 0 Å². The Morgan fingerprint density at radius 3 is 2.50 bits per heavy atom. The van der Waals surface area contributed by atoms with Gasteiger partial charge in [-0.1, -0.05) is 12.1 Å². The zero-order valence-corrected chi connectivity index (χ0v) is 12.8. The maximum atomic E-state index is 9.54. The van der Waals surface area contributed by atoms with E-state index in [-0.39, 0.29) is 5.75 Å². The minimum absolute atomic E-state index is 0.265. The number of thiophene rings is 1. The molecule has 2 aromatic heterocycles. The van der Waals surface area contributed by atoms with Crippen LogP contribution in [0, 0.1) is 6.92 Å². The Morgan fingerprint density at radius 2 is 1.77 bits per heavy atom. The van der Waals surface area contributed by atoms with Gasteiger partial charge in [0, 0.05) is 16.1 Å². The van der Waals surface area contributed by atoms with Gasteiger partial charge in [-0.3, -0.25) is 4.57 Å². The molecule has 0 aliphatic rings. The van der Waals surface area contributed by atoms with Gasteiger partial charge >= 0.3 is 0 Å². The summed E-state index contributed by atoms with van der Waals surface area (Å²) in [6.45, 7) is 2.11. The van der Waals surface area contributed by atoms with Crippen molar-refractivity contribution < 1.29 is 5.11 Å². The Hall–Kier alpha value is -2.59. The Morgan fingerprint density at radius 1 is 1.00 bits per heavy atom. The van der Waals surface area contributed by atoms with Crippen molar-refractivity contribution in [2.24, 2.45) is 0 Å². The van der Waals surface area contributed by atoms with Crippen LogP contribution in [-0.2, 0) is 0 Å². The lowest BCUT2D eigenvalue weighted by molar-refractivity contribution is 0.475. The molecular formula is C18H14N2OS. The van der Waals surface area contributed by atoms with Gasteiger partial charge in [0.25, 0.3) is 0 Å². The molecule has 0 atom stereocenters. The topological polar surface area (TPSA) is 38.0 Å². The number of imidazole rings is 1. The molecule has 0 saturated carbocycles. The first-order valence-corrected chi connectivity index (χ1v) is 7.93. The Labute approximate surface area is 132 Å². The summed E-state index contributed by atoms with van der Waals surface area (Å²) in [4.78, 5) is 6.07. The third kappa shape index (κ3) is 2.00. The summed E-state index contributed by atoms with van der Waals surface area (Å²) in [5.74, 6) is 1.20. The van der Waals surface area contributed by atoms with Gasteiger partial charge in [-0.05, 0) is 54.8 Å². The molecule has 4 rings (SSSR count). The van der Waals surface area contributed by atoms with E-state index < -0.39 is 0 Å². The average Bonchev–Trinajstić information content (AvgIpc) is 3.11. The number of fused-ring (bicyclic) bond motifs is 1. The molecule has 22 heavy (non-hydrogen) atoms. The van der Waals surface area contributed by atoms with Crippen LogP contribution in [0.4, 0.5) is 0 Å². The number of aryl methyl sites for hydroxylation is 1. The molecule has 0 aliphatic carbocycles. The van der Waals surface area contributed by atoms with E-state index in [4.69, 9.17) is 4.98 Å². The van der Waals surface area contributed by atoms with Gasteiger partial charge in [-0.2, -0.15) is 0 Å². The number of para-hydroxylation sites is 2. The van der Waals surface area contributed by atoms with E-state index in [9.17, 15) is 5.11 Å². The lowest BCUT2D eigenvalue weighted by atomic mass is 10.2. The van der Waals surface area contributed by atoms with E-state index in [0.717, 1.165) is 28.1 Å². The monoisotopic (exact) mass is 306 g/mol. The third-order valence-electron chi connectivity index (χ3n) is 3.77. The fraction of sp³-hybridized carbons (Fsp3) is 0.0556. The largest absolute Gasteiger partial charge is 0.508 e. The maximum absolute atomic E-state index is 9.54. The van der Waals surface area contributed by atoms with Crippen LogP contribution in [0.25, 0.3) is 28.1 Å². The van der Waals surface area contributed by atoms with Crippen LogP contribution in [0.5, 0.6) is 5.75 Å². The van der Waals surface area contributed by atoms with E-state index in [0.29, 0.717) is 0 Å². The summed E-state index contributed by atoms with van der Waals surface area (Å²) >= 11 is 1.72. The van der Waals surface area contributed by atoms with Gasteiger partial charge in [0.05, 0.1) is 11.0 Å². The highest BCUT2D eigenvalue weighted by molar-refractivity contribution is 7.10. The second kappa shape index (κ2) is 5.00. The van der Waals surface area contributed by atoms with Gasteiger partial charge < -0.3 is 5.11 Å². The van der Waals surface area contributed by atoms with E-state index in [1.807, 2.05) is 30.3 Å². The minimum atomic E-state index is 0.265. The van der Waals surface area contributed by atoms with Crippen molar-refractivity contribution in [3.63, 3.8) is 0 Å². The van der Waals surface area contributed by atoms with Crippen LogP contribution < -0.4 is 0 Å². The standard InChI is InChI=1S/C18H14N2OS/c1-12-15(10-11-22-12)18-19-16-4-2-3-5-17(16)20(18)13-6-8-14(21)9-7-13/h2-11,21H,1H3. The van der Waals surface area contributed by atoms with Gasteiger partial charge in [-0.15, -0.1) is 11.3 Å². The molecule has 0 aliphatic heterocycles. The summed E-state index contributed by atoms with van der Waals surface area (Å²) in [6.07, 6.45) is 0. The molecule has 3 nitrogen and oxygen atoms in total. The van der Waals surface area contributed by atoms with E-state index in [2.05, 4.69) is 29.0 Å². The van der Waals surface area contributed by atoms with Crippen LogP contribution in [0.1, 0.15) is 4.88 Å². The van der Waals surface area contributed by atoms with Crippen LogP contribution in [0.2, 0.25) is 0 Å². The van der Waals surface area contributed by atoms with Crippen molar-refractivity contribution in [3.8, 4) is 22.8 Å². The van der Waals surface area contributed by atoms with Crippen molar-refractivity contribution in [3.05, 3.63) is 64.9 Å². The Kier molecular flexibility index (Phi) is 2.98. The van der Waals surface area contributed by atoms with Crippen LogP contribution in [0.15, 0.2) is 60.0 Å². The van der Waals surface area contributed by atoms with Crippen molar-refractivity contribution in [1.82, 2.24) is 9.55 Å². The SMILES string of the molecule is Cc1sccc1-c1nc2ccccc2n1-c1ccc(O)cc1. The van der Waals surface area contributed by atoms with E-state index in [1.165, 1.54) is 4.88 Å². The quantitative estimate of drug-likeness (QED) is 0.579. The van der Waals surface area contributed by atoms with Gasteiger partial charge in [0.2, 0.25) is 0 Å². The number of hydrogen-bond acceptors (Lipinski definition) is 3. The number of phenols is 1. The molecule has 0 bridgehead atoms. The van der Waals surface area contributed by atoms with Crippen molar-refractivity contribution >= 4 is 22.4 Å². The predicted molar refractivity (Wildman–Crippen MR) is 90.8 cm³/mol. The Balaban J connectivity index is 2.06. The van der Waals surface area contributed by atoms with Gasteiger partial charge in [-0.25, -0.2) is 4.98 Å². The summed E-state index contributed by atoms with van der Waals surface area (Å²) in [6, 6.07) is 17.5. The second-order valence-electron chi connectivity index (χ2n) is 5.17. The molecule has 0 saturated heterocycles. The molecule has 0 unspecified atom stereocenters. The average molecular weight is 306 g/mol. The summed E-state index contributed by atoms with van der Waals surface area (Å²) in [5.41, 5.74) is 4.17. The third-order valence-corrected chi connectivity index (χ3v) is 4.61. The fourth-order valence-corrected chi connectivity index (χ4v) is 3.38. The number of aromatic nitrogens is 2. The van der Waals surface area contributed by atoms with Crippen LogP contribution in [-0.4, -0.2) is 14.7 Å². The molecule has 108 valence electrons. The minimum Gasteiger partial charge on any atom is -0.508 e. The van der Waals surface area contributed by atoms with Crippen LogP contribution >= 0.6 is 11.3 Å². The highest BCUT2D eigenvalue weighted by Gasteiger charge is 2.16. The number of phenolic OH excluding ortho intramolecular Hbond substituents is 1. The van der Waals surface area contributed by atoms with Crippen molar-refractivity contribution in [2.45, 2.75) is 6.92 Å². The number of nitrogens with zero attached hydrogens (tertiary/aromatic N) is 2. The number of aromatic hydroxyl groups is 1. The summed E-state index contributed by atoms with van der Waals surface area (Å²) in [7, 11) is 0. The van der Waals surface area contributed by atoms with E-state index >= 15 is 0 Å². The fourth-order valence-electron chi connectivity index (χ4n) is 2.69. The molecule has 0 spiro atoms. The molecule has 2 aromatic carbocycles. The molecule has 0 fully saturated rings. The Bertz CT molecular complexity index is 951. The van der Waals surface area contributed by atoms with Crippen molar-refractivity contribution in [2.75, 3.05) is 0 Å². The number of rotatable bonds is 2. The zero-order chi connectivity index (χ0) is 15.1. The molecule has 4 aromatic rings. The molecule has 4 heteroatoms. The zero-order valence-electron chi connectivity index (χ0n) is 12.0. The highest BCUT2D eigenvalue weighted by Crippen LogP contribution is 2.32. The second-order valence-corrected chi connectivity index (χ2v) is 6.29. The summed E-state index contributed by atoms with van der Waals surface area (Å²) in [5, 5.41) is 11.6. The molecule has 1 N–H and O–H groups in total. The first-order valence-electron chi connectivity index (χ1n) is 7.05. The van der Waals surface area contributed by atoms with Crippen LogP contribution in [0.3, 0.4) is 0 Å². The highest BCUT2D eigenvalue weighted by atomic mass is 32.1. The first-order chi connectivity index (χ1) is 10.7. The molecule has 0 radical (unpaired) electrons. The van der Waals surface area contributed by atoms with E-state index in [1.54, 1.807) is 23.5 Å². The van der Waals surface area contributed by atoms with Crippen molar-refractivity contribution in [1.29, 1.82) is 0 Å².